The molecule has 0 saturated heterocycles. The molecule has 60 valence electrons. The Kier molecular flexibility index (Phi) is 2.68. The van der Waals surface area contributed by atoms with E-state index in [4.69, 9.17) is 10.5 Å². The lowest BCUT2D eigenvalue weighted by atomic mass is 10.1. The van der Waals surface area contributed by atoms with E-state index in [1.807, 2.05) is 11.4 Å². The van der Waals surface area contributed by atoms with Crippen LogP contribution in [0.25, 0.3) is 0 Å². The van der Waals surface area contributed by atoms with Crippen LogP contribution >= 0.6 is 11.3 Å². The van der Waals surface area contributed by atoms with Gasteiger partial charge < -0.3 is 10.5 Å². The topological polar surface area (TPSA) is 35.2 Å². The molecule has 0 unspecified atom stereocenters. The maximum Gasteiger partial charge on any atom is 0.178 e. The van der Waals surface area contributed by atoms with Gasteiger partial charge in [-0.3, -0.25) is 0 Å². The molecule has 0 aliphatic carbocycles. The molecule has 0 fully saturated rings. The van der Waals surface area contributed by atoms with E-state index >= 15 is 0 Å². The van der Waals surface area contributed by atoms with Crippen LogP contribution in [0.4, 0.5) is 0 Å². The van der Waals surface area contributed by atoms with Crippen molar-refractivity contribution < 1.29 is 4.74 Å². The largest absolute Gasteiger partial charge is 0.487 e. The normalized spacial score (nSPS) is 12.5. The van der Waals surface area contributed by atoms with Crippen LogP contribution in [0.3, 0.4) is 0 Å². The minimum atomic E-state index is -0.115. The second-order valence-corrected chi connectivity index (χ2v) is 3.01. The molecule has 3 heteroatoms. The predicted molar refractivity (Wildman–Crippen MR) is 48.0 cm³/mol. The van der Waals surface area contributed by atoms with Crippen molar-refractivity contribution in [3.8, 4) is 5.06 Å². The Morgan fingerprint density at radius 1 is 1.82 bits per heavy atom. The lowest BCUT2D eigenvalue weighted by Crippen LogP contribution is -2.06. The van der Waals surface area contributed by atoms with Crippen molar-refractivity contribution in [3.63, 3.8) is 0 Å². The second-order valence-electron chi connectivity index (χ2n) is 2.13. The van der Waals surface area contributed by atoms with Gasteiger partial charge >= 0.3 is 0 Å². The molecule has 0 bridgehead atoms. The minimum absolute atomic E-state index is 0.115. The molecule has 2 N–H and O–H groups in total. The average Bonchev–Trinajstić information content (AvgIpc) is 2.50. The van der Waals surface area contributed by atoms with Gasteiger partial charge in [-0.25, -0.2) is 0 Å². The lowest BCUT2D eigenvalue weighted by Gasteiger charge is -2.05. The first-order valence-corrected chi connectivity index (χ1v) is 4.17. The summed E-state index contributed by atoms with van der Waals surface area (Å²) in [7, 11) is 1.64. The third-order valence-electron chi connectivity index (χ3n) is 1.46. The fraction of sp³-hybridized carbons (Fsp3) is 0.250. The van der Waals surface area contributed by atoms with E-state index < -0.39 is 0 Å². The van der Waals surface area contributed by atoms with Crippen molar-refractivity contribution in [1.29, 1.82) is 0 Å². The Morgan fingerprint density at radius 2 is 2.55 bits per heavy atom. The van der Waals surface area contributed by atoms with E-state index in [1.165, 1.54) is 0 Å². The molecule has 0 aliphatic heterocycles. The van der Waals surface area contributed by atoms with Crippen LogP contribution in [0.5, 0.6) is 5.06 Å². The molecule has 11 heavy (non-hydrogen) atoms. The van der Waals surface area contributed by atoms with Gasteiger partial charge in [0, 0.05) is 5.56 Å². The zero-order chi connectivity index (χ0) is 8.27. The molecule has 1 rings (SSSR count). The van der Waals surface area contributed by atoms with Gasteiger partial charge in [-0.05, 0) is 11.4 Å². The van der Waals surface area contributed by atoms with Crippen LogP contribution in [-0.4, -0.2) is 7.11 Å². The quantitative estimate of drug-likeness (QED) is 0.702. The first-order chi connectivity index (χ1) is 5.29. The Balaban J connectivity index is 2.91. The second kappa shape index (κ2) is 3.55. The fourth-order valence-corrected chi connectivity index (χ4v) is 1.62. The molecule has 0 aliphatic rings. The van der Waals surface area contributed by atoms with Gasteiger partial charge in [0.2, 0.25) is 0 Å². The highest BCUT2D eigenvalue weighted by Gasteiger charge is 2.08. The Hall–Kier alpha value is -0.800. The molecule has 0 spiro atoms. The SMILES string of the molecule is C=C[C@@H](N)c1ccsc1OC. The van der Waals surface area contributed by atoms with E-state index in [2.05, 4.69) is 6.58 Å². The molecule has 2 nitrogen and oxygen atoms in total. The number of hydrogen-bond acceptors (Lipinski definition) is 3. The molecule has 0 saturated carbocycles. The summed E-state index contributed by atoms with van der Waals surface area (Å²) >= 11 is 1.54. The summed E-state index contributed by atoms with van der Waals surface area (Å²) in [5.41, 5.74) is 6.73. The lowest BCUT2D eigenvalue weighted by molar-refractivity contribution is 0.421. The van der Waals surface area contributed by atoms with E-state index in [0.717, 1.165) is 10.6 Å². The van der Waals surface area contributed by atoms with Crippen LogP contribution in [0, 0.1) is 0 Å². The summed E-state index contributed by atoms with van der Waals surface area (Å²) in [6, 6.07) is 1.84. The molecule has 0 aromatic carbocycles. The minimum Gasteiger partial charge on any atom is -0.487 e. The van der Waals surface area contributed by atoms with Gasteiger partial charge in [-0.2, -0.15) is 0 Å². The summed E-state index contributed by atoms with van der Waals surface area (Å²) in [6.07, 6.45) is 1.70. The standard InChI is InChI=1S/C8H11NOS/c1-3-7(9)6-4-5-11-8(6)10-2/h3-5,7H,1,9H2,2H3/t7-/m1/s1. The van der Waals surface area contributed by atoms with Crippen LogP contribution in [0.2, 0.25) is 0 Å². The molecule has 1 aromatic heterocycles. The number of methoxy groups -OCH3 is 1. The summed E-state index contributed by atoms with van der Waals surface area (Å²) in [4.78, 5) is 0. The van der Waals surface area contributed by atoms with Gasteiger partial charge in [0.1, 0.15) is 0 Å². The molecular weight excluding hydrogens is 158 g/mol. The fourth-order valence-electron chi connectivity index (χ4n) is 0.845. The number of thiophene rings is 1. The van der Waals surface area contributed by atoms with Crippen molar-refractivity contribution in [1.82, 2.24) is 0 Å². The van der Waals surface area contributed by atoms with E-state index in [1.54, 1.807) is 24.5 Å². The molecule has 1 heterocycles. The number of nitrogens with two attached hydrogens (primary N) is 1. The Labute approximate surface area is 70.3 Å². The van der Waals surface area contributed by atoms with Gasteiger partial charge in [0.05, 0.1) is 13.2 Å². The number of rotatable bonds is 3. The molecule has 0 amide bonds. The highest BCUT2D eigenvalue weighted by Crippen LogP contribution is 2.29. The predicted octanol–water partition coefficient (Wildman–Crippen LogP) is 1.94. The van der Waals surface area contributed by atoms with Crippen molar-refractivity contribution in [2.75, 3.05) is 7.11 Å². The third kappa shape index (κ3) is 1.61. The molecule has 1 atom stereocenters. The summed E-state index contributed by atoms with van der Waals surface area (Å²) in [6.45, 7) is 3.62. The smallest absolute Gasteiger partial charge is 0.178 e. The Morgan fingerprint density at radius 3 is 3.09 bits per heavy atom. The highest BCUT2D eigenvalue weighted by atomic mass is 32.1. The van der Waals surface area contributed by atoms with Crippen molar-refractivity contribution >= 4 is 11.3 Å². The van der Waals surface area contributed by atoms with Gasteiger partial charge in [0.15, 0.2) is 5.06 Å². The zero-order valence-electron chi connectivity index (χ0n) is 6.41. The highest BCUT2D eigenvalue weighted by molar-refractivity contribution is 7.12. The van der Waals surface area contributed by atoms with Gasteiger partial charge in [-0.15, -0.1) is 17.9 Å². The maximum absolute atomic E-state index is 5.72. The number of ether oxygens (including phenoxy) is 1. The first-order valence-electron chi connectivity index (χ1n) is 3.29. The average molecular weight is 169 g/mol. The zero-order valence-corrected chi connectivity index (χ0v) is 7.23. The third-order valence-corrected chi connectivity index (χ3v) is 2.35. The summed E-state index contributed by atoms with van der Waals surface area (Å²) in [5.74, 6) is 0. The van der Waals surface area contributed by atoms with Crippen molar-refractivity contribution in [2.24, 2.45) is 5.73 Å². The maximum atomic E-state index is 5.72. The molecule has 1 aromatic rings. The summed E-state index contributed by atoms with van der Waals surface area (Å²) < 4.78 is 5.10. The monoisotopic (exact) mass is 169 g/mol. The molecular formula is C8H11NOS. The summed E-state index contributed by atoms with van der Waals surface area (Å²) in [5, 5.41) is 2.83. The Bertz CT molecular complexity index is 244. The van der Waals surface area contributed by atoms with Crippen molar-refractivity contribution in [2.45, 2.75) is 6.04 Å². The first kappa shape index (κ1) is 8.30. The van der Waals surface area contributed by atoms with Crippen molar-refractivity contribution in [3.05, 3.63) is 29.7 Å². The van der Waals surface area contributed by atoms with E-state index in [-0.39, 0.29) is 6.04 Å². The van der Waals surface area contributed by atoms with Crippen LogP contribution in [0.1, 0.15) is 11.6 Å². The van der Waals surface area contributed by atoms with Crippen LogP contribution in [0.15, 0.2) is 24.1 Å². The van der Waals surface area contributed by atoms with Gasteiger partial charge in [0.25, 0.3) is 0 Å². The van der Waals surface area contributed by atoms with Gasteiger partial charge in [-0.1, -0.05) is 6.08 Å². The van der Waals surface area contributed by atoms with Crippen LogP contribution < -0.4 is 10.5 Å². The van der Waals surface area contributed by atoms with Crippen LogP contribution in [-0.2, 0) is 0 Å². The van der Waals surface area contributed by atoms with E-state index in [0.29, 0.717) is 0 Å². The number of hydrogen-bond donors (Lipinski definition) is 1. The molecule has 0 radical (unpaired) electrons. The van der Waals surface area contributed by atoms with E-state index in [9.17, 15) is 0 Å².